The smallest absolute Gasteiger partial charge is 0.278 e. The lowest BCUT2D eigenvalue weighted by Gasteiger charge is -2.43. The van der Waals surface area contributed by atoms with Crippen molar-refractivity contribution >= 4 is 46.4 Å². The third-order valence-corrected chi connectivity index (χ3v) is 5.99. The summed E-state index contributed by atoms with van der Waals surface area (Å²) in [4.78, 5) is 33.8. The predicted octanol–water partition coefficient (Wildman–Crippen LogP) is 5.92. The Bertz CT molecular complexity index is 1140. The Kier molecular flexibility index (Phi) is 5.99. The zero-order chi connectivity index (χ0) is 22.1. The third kappa shape index (κ3) is 4.03. The molecule has 1 aromatic heterocycles. The molecule has 5 nitrogen and oxygen atoms in total. The van der Waals surface area contributed by atoms with E-state index in [0.29, 0.717) is 6.42 Å². The number of fused-ring (bicyclic) bond motifs is 1. The highest BCUT2D eigenvalue weighted by Crippen LogP contribution is 2.42. The van der Waals surface area contributed by atoms with E-state index in [1.807, 2.05) is 61.5 Å². The van der Waals surface area contributed by atoms with E-state index in [1.54, 1.807) is 28.9 Å². The molecule has 4 rings (SSSR count). The molecule has 2 heterocycles. The van der Waals surface area contributed by atoms with Crippen LogP contribution in [-0.2, 0) is 4.79 Å². The Hall–Kier alpha value is -2.89. The second kappa shape index (κ2) is 8.69. The molecule has 0 aliphatic carbocycles. The Morgan fingerprint density at radius 1 is 1.00 bits per heavy atom. The molecular formula is C24H21Cl2N3O2. The fourth-order valence-electron chi connectivity index (χ4n) is 4.19. The van der Waals surface area contributed by atoms with Crippen LogP contribution in [0.2, 0.25) is 10.2 Å². The SMILES string of the molecule is CC(=O)N(c1ccccc1)C1CC(C)N(C(=O)c2nc(Cl)ccc2Cl)c2ccccc21. The van der Waals surface area contributed by atoms with Gasteiger partial charge in [0.15, 0.2) is 0 Å². The molecule has 158 valence electrons. The Balaban J connectivity index is 1.80. The summed E-state index contributed by atoms with van der Waals surface area (Å²) in [6.07, 6.45) is 0.565. The molecule has 2 aromatic carbocycles. The number of carbonyl (C=O) groups excluding carboxylic acids is 2. The number of rotatable bonds is 3. The van der Waals surface area contributed by atoms with E-state index < -0.39 is 0 Å². The van der Waals surface area contributed by atoms with E-state index in [9.17, 15) is 9.59 Å². The topological polar surface area (TPSA) is 53.5 Å². The molecule has 0 spiro atoms. The molecule has 1 aliphatic heterocycles. The van der Waals surface area contributed by atoms with E-state index in [0.717, 1.165) is 16.9 Å². The maximum Gasteiger partial charge on any atom is 0.278 e. The van der Waals surface area contributed by atoms with E-state index in [4.69, 9.17) is 23.2 Å². The van der Waals surface area contributed by atoms with Crippen molar-refractivity contribution in [3.63, 3.8) is 0 Å². The number of benzene rings is 2. The highest BCUT2D eigenvalue weighted by atomic mass is 35.5. The average Bonchev–Trinajstić information content (AvgIpc) is 2.76. The molecule has 0 saturated heterocycles. The van der Waals surface area contributed by atoms with Gasteiger partial charge in [0, 0.05) is 24.3 Å². The number of nitrogens with zero attached hydrogens (tertiary/aromatic N) is 3. The minimum Gasteiger partial charge on any atom is -0.305 e. The monoisotopic (exact) mass is 453 g/mol. The van der Waals surface area contributed by atoms with Gasteiger partial charge in [-0.05, 0) is 49.2 Å². The fourth-order valence-corrected chi connectivity index (χ4v) is 4.52. The minimum atomic E-state index is -0.319. The van der Waals surface area contributed by atoms with Gasteiger partial charge in [-0.2, -0.15) is 0 Å². The van der Waals surface area contributed by atoms with Crippen LogP contribution < -0.4 is 9.80 Å². The number of anilines is 2. The second-order valence-corrected chi connectivity index (χ2v) is 8.32. The van der Waals surface area contributed by atoms with Crippen molar-refractivity contribution in [1.82, 2.24) is 4.98 Å². The maximum absolute atomic E-state index is 13.5. The standard InChI is InChI=1S/C24H21Cl2N3O2/c1-15-14-21(29(16(2)30)17-8-4-3-5-9-17)18-10-6-7-11-20(18)28(15)24(31)23-19(25)12-13-22(26)27-23/h3-13,15,21H,14H2,1-2H3. The molecule has 0 radical (unpaired) electrons. The van der Waals surface area contributed by atoms with Crippen molar-refractivity contribution in [3.8, 4) is 0 Å². The first-order valence-corrected chi connectivity index (χ1v) is 10.7. The summed E-state index contributed by atoms with van der Waals surface area (Å²) < 4.78 is 0. The second-order valence-electron chi connectivity index (χ2n) is 7.52. The zero-order valence-corrected chi connectivity index (χ0v) is 18.6. The third-order valence-electron chi connectivity index (χ3n) is 5.48. The molecule has 31 heavy (non-hydrogen) atoms. The highest BCUT2D eigenvalue weighted by Gasteiger charge is 2.38. The van der Waals surface area contributed by atoms with Gasteiger partial charge in [0.05, 0.1) is 11.1 Å². The normalized spacial score (nSPS) is 17.7. The van der Waals surface area contributed by atoms with Gasteiger partial charge >= 0.3 is 0 Å². The van der Waals surface area contributed by atoms with E-state index in [1.165, 1.54) is 0 Å². The number of para-hydroxylation sites is 2. The summed E-state index contributed by atoms with van der Waals surface area (Å²) in [6, 6.07) is 19.9. The molecule has 1 aliphatic rings. The Morgan fingerprint density at radius 2 is 1.68 bits per heavy atom. The van der Waals surface area contributed by atoms with Gasteiger partial charge in [0.1, 0.15) is 10.8 Å². The first-order chi connectivity index (χ1) is 14.9. The largest absolute Gasteiger partial charge is 0.305 e. The molecule has 0 saturated carbocycles. The van der Waals surface area contributed by atoms with E-state index in [2.05, 4.69) is 4.98 Å². The molecule has 7 heteroatoms. The summed E-state index contributed by atoms with van der Waals surface area (Å²) >= 11 is 12.3. The van der Waals surface area contributed by atoms with Gasteiger partial charge in [-0.1, -0.05) is 59.6 Å². The van der Waals surface area contributed by atoms with Crippen LogP contribution in [0.4, 0.5) is 11.4 Å². The number of hydrogen-bond donors (Lipinski definition) is 0. The number of carbonyl (C=O) groups is 2. The average molecular weight is 454 g/mol. The summed E-state index contributed by atoms with van der Waals surface area (Å²) in [6.45, 7) is 3.52. The lowest BCUT2D eigenvalue weighted by molar-refractivity contribution is -0.117. The Labute approximate surface area is 191 Å². The van der Waals surface area contributed by atoms with Crippen LogP contribution >= 0.6 is 23.2 Å². The molecule has 2 amide bonds. The van der Waals surface area contributed by atoms with Crippen molar-refractivity contribution in [2.75, 3.05) is 9.80 Å². The van der Waals surface area contributed by atoms with Crippen LogP contribution in [0.15, 0.2) is 66.7 Å². The van der Waals surface area contributed by atoms with Crippen LogP contribution in [0.5, 0.6) is 0 Å². The summed E-state index contributed by atoms with van der Waals surface area (Å²) in [5, 5.41) is 0.450. The zero-order valence-electron chi connectivity index (χ0n) is 17.1. The molecule has 2 atom stereocenters. The number of hydrogen-bond acceptors (Lipinski definition) is 3. The van der Waals surface area contributed by atoms with Gasteiger partial charge in [-0.25, -0.2) is 4.98 Å². The highest BCUT2D eigenvalue weighted by molar-refractivity contribution is 6.35. The van der Waals surface area contributed by atoms with Gasteiger partial charge < -0.3 is 9.80 Å². The molecular weight excluding hydrogens is 433 g/mol. The van der Waals surface area contributed by atoms with Gasteiger partial charge in [-0.3, -0.25) is 9.59 Å². The van der Waals surface area contributed by atoms with Crippen LogP contribution in [0.3, 0.4) is 0 Å². The summed E-state index contributed by atoms with van der Waals surface area (Å²) in [5.74, 6) is -0.377. The van der Waals surface area contributed by atoms with Crippen LogP contribution in [0, 0.1) is 0 Å². The lowest BCUT2D eigenvalue weighted by atomic mass is 9.89. The molecule has 0 bridgehead atoms. The van der Waals surface area contributed by atoms with Crippen LogP contribution in [0.25, 0.3) is 0 Å². The Morgan fingerprint density at radius 3 is 2.39 bits per heavy atom. The summed E-state index contributed by atoms with van der Waals surface area (Å²) in [7, 11) is 0. The van der Waals surface area contributed by atoms with Crippen molar-refractivity contribution < 1.29 is 9.59 Å². The van der Waals surface area contributed by atoms with Gasteiger partial charge in [-0.15, -0.1) is 0 Å². The van der Waals surface area contributed by atoms with Crippen LogP contribution in [-0.4, -0.2) is 22.8 Å². The van der Waals surface area contributed by atoms with Gasteiger partial charge in [0.2, 0.25) is 5.91 Å². The van der Waals surface area contributed by atoms with Crippen molar-refractivity contribution in [2.24, 2.45) is 0 Å². The van der Waals surface area contributed by atoms with E-state index in [-0.39, 0.29) is 39.8 Å². The number of amides is 2. The van der Waals surface area contributed by atoms with Gasteiger partial charge in [0.25, 0.3) is 5.91 Å². The first kappa shape index (κ1) is 21.3. The number of halogens is 2. The number of pyridine rings is 1. The number of aromatic nitrogens is 1. The molecule has 2 unspecified atom stereocenters. The quantitative estimate of drug-likeness (QED) is 0.462. The maximum atomic E-state index is 13.5. The van der Waals surface area contributed by atoms with Crippen molar-refractivity contribution in [1.29, 1.82) is 0 Å². The van der Waals surface area contributed by atoms with Crippen LogP contribution in [0.1, 0.15) is 42.4 Å². The molecule has 0 fully saturated rings. The van der Waals surface area contributed by atoms with Crippen molar-refractivity contribution in [3.05, 3.63) is 88.2 Å². The summed E-state index contributed by atoms with van der Waals surface area (Å²) in [5.41, 5.74) is 2.56. The van der Waals surface area contributed by atoms with Crippen molar-refractivity contribution in [2.45, 2.75) is 32.4 Å². The van der Waals surface area contributed by atoms with E-state index >= 15 is 0 Å². The minimum absolute atomic E-state index is 0.0578. The molecule has 3 aromatic rings. The fraction of sp³-hybridized carbons (Fsp3) is 0.208. The molecule has 0 N–H and O–H groups in total. The lowest BCUT2D eigenvalue weighted by Crippen LogP contribution is -2.47. The predicted molar refractivity (Wildman–Crippen MR) is 124 cm³/mol. The first-order valence-electron chi connectivity index (χ1n) is 9.98.